The molecule has 0 heterocycles. The van der Waals surface area contributed by atoms with E-state index in [0.717, 1.165) is 64.2 Å². The van der Waals surface area contributed by atoms with Crippen LogP contribution >= 0.6 is 7.82 Å². The number of rotatable bonds is 38. The average molecular weight is 827 g/mol. The van der Waals surface area contributed by atoms with Crippen LogP contribution in [-0.4, -0.2) is 98.0 Å². The number of unbranched alkanes of at least 4 members (excludes halogenated alkanes) is 21. The number of hydrogen-bond donors (Lipinski definition) is 1. The summed E-state index contributed by atoms with van der Waals surface area (Å²) in [6.07, 6.45) is 29.8. The number of likely N-dealkylation sites (N-methyl/N-ethyl adjacent to an activating group) is 1. The molecule has 0 amide bonds. The summed E-state index contributed by atoms with van der Waals surface area (Å²) in [6.45, 7) is 2.34. The number of ether oxygens (including phenoxy) is 3. The highest BCUT2D eigenvalue weighted by atomic mass is 31.2. The van der Waals surface area contributed by atoms with Gasteiger partial charge in [0, 0.05) is 18.9 Å². The van der Waals surface area contributed by atoms with Crippen LogP contribution in [0.3, 0.4) is 0 Å². The fourth-order valence-corrected chi connectivity index (χ4v) is 6.99. The molecule has 0 aromatic heterocycles. The Balaban J connectivity index is 2.27. The molecule has 0 saturated heterocycles. The molecule has 14 heteroatoms. The first kappa shape index (κ1) is 52.4. The lowest BCUT2D eigenvalue weighted by Crippen LogP contribution is -2.37. The molecule has 0 spiro atoms. The van der Waals surface area contributed by atoms with Gasteiger partial charge in [0.1, 0.15) is 25.3 Å². The summed E-state index contributed by atoms with van der Waals surface area (Å²) >= 11 is 0. The van der Waals surface area contributed by atoms with Crippen LogP contribution in [0.5, 0.6) is 0 Å². The average Bonchev–Trinajstić information content (AvgIpc) is 3.65. The number of phosphoric ester groups is 1. The van der Waals surface area contributed by atoms with Gasteiger partial charge in [0.2, 0.25) is 0 Å². The third-order valence-corrected chi connectivity index (χ3v) is 10.8. The molecule has 1 rings (SSSR count). The van der Waals surface area contributed by atoms with E-state index in [1.807, 2.05) is 21.1 Å². The van der Waals surface area contributed by atoms with Crippen molar-refractivity contribution in [3.05, 3.63) is 29.3 Å². The normalized spacial score (nSPS) is 14.2. The number of quaternary nitrogens is 1. The van der Waals surface area contributed by atoms with E-state index in [1.54, 1.807) is 12.2 Å². The maximum absolute atomic E-state index is 12.7. The Morgan fingerprint density at radius 3 is 1.68 bits per heavy atom. The topological polar surface area (TPSA) is 171 Å². The first-order valence-corrected chi connectivity index (χ1v) is 23.4. The van der Waals surface area contributed by atoms with Gasteiger partial charge in [0.05, 0.1) is 34.4 Å². The summed E-state index contributed by atoms with van der Waals surface area (Å²) in [7, 11) is 1.38. The molecule has 0 bridgehead atoms. The van der Waals surface area contributed by atoms with Crippen molar-refractivity contribution in [3.63, 3.8) is 0 Å². The quantitative estimate of drug-likeness (QED) is 0.0120. The van der Waals surface area contributed by atoms with Gasteiger partial charge in [0.25, 0.3) is 0 Å². The Hall–Kier alpha value is -2.66. The van der Waals surface area contributed by atoms with Crippen LogP contribution in [0.15, 0.2) is 23.8 Å². The molecule has 0 aromatic carbocycles. The molecule has 0 radical (unpaired) electrons. The lowest BCUT2D eigenvalue weighted by molar-refractivity contribution is -0.870. The summed E-state index contributed by atoms with van der Waals surface area (Å²) in [5, 5.41) is 0. The van der Waals surface area contributed by atoms with E-state index < -0.39 is 38.4 Å². The fraction of sp³-hybridized carbons (Fsp3) is 0.814. The summed E-state index contributed by atoms with van der Waals surface area (Å²) in [5.41, 5.74) is 9.37. The predicted octanol–water partition coefficient (Wildman–Crippen LogP) is 9.76. The molecule has 57 heavy (non-hydrogen) atoms. The molecule has 328 valence electrons. The molecule has 2 unspecified atom stereocenters. The smallest absolute Gasteiger partial charge is 0.462 e. The van der Waals surface area contributed by atoms with Crippen LogP contribution in [0.25, 0.3) is 5.53 Å². The third-order valence-electron chi connectivity index (χ3n) is 9.78. The molecule has 2 atom stereocenters. The highest BCUT2D eigenvalue weighted by Crippen LogP contribution is 2.43. The number of allylic oxidation sites excluding steroid dienone is 3. The van der Waals surface area contributed by atoms with Crippen LogP contribution in [0.4, 0.5) is 0 Å². The minimum atomic E-state index is -4.41. The summed E-state index contributed by atoms with van der Waals surface area (Å²) in [4.78, 5) is 50.5. The van der Waals surface area contributed by atoms with Gasteiger partial charge in [-0.2, -0.15) is 4.79 Å². The van der Waals surface area contributed by atoms with Crippen molar-refractivity contribution in [3.8, 4) is 0 Å². The Labute approximate surface area is 344 Å². The number of carbonyl (C=O) groups excluding carboxylic acids is 3. The summed E-state index contributed by atoms with van der Waals surface area (Å²) in [5.74, 6) is -1.38. The van der Waals surface area contributed by atoms with E-state index in [9.17, 15) is 23.8 Å². The molecule has 0 aromatic rings. The van der Waals surface area contributed by atoms with Crippen molar-refractivity contribution in [1.29, 1.82) is 0 Å². The van der Waals surface area contributed by atoms with E-state index in [0.29, 0.717) is 24.1 Å². The van der Waals surface area contributed by atoms with Crippen LogP contribution in [0.1, 0.15) is 167 Å². The lowest BCUT2D eigenvalue weighted by Gasteiger charge is -2.24. The summed E-state index contributed by atoms with van der Waals surface area (Å²) in [6, 6.07) is 0. The largest absolute Gasteiger partial charge is 0.472 e. The zero-order valence-electron chi connectivity index (χ0n) is 35.9. The van der Waals surface area contributed by atoms with Gasteiger partial charge in [-0.3, -0.25) is 18.6 Å². The molecule has 1 aliphatic carbocycles. The van der Waals surface area contributed by atoms with Crippen molar-refractivity contribution in [2.75, 3.05) is 54.1 Å². The zero-order chi connectivity index (χ0) is 42.0. The summed E-state index contributed by atoms with van der Waals surface area (Å²) < 4.78 is 39.5. The molecule has 13 nitrogen and oxygen atoms in total. The number of phosphoric acid groups is 1. The monoisotopic (exact) mass is 827 g/mol. The van der Waals surface area contributed by atoms with Crippen molar-refractivity contribution >= 4 is 31.4 Å². The van der Waals surface area contributed by atoms with Crippen molar-refractivity contribution in [2.24, 2.45) is 0 Å². The second-order valence-corrected chi connectivity index (χ2v) is 17.7. The van der Waals surface area contributed by atoms with Gasteiger partial charge >= 0.3 is 31.4 Å². The Kier molecular flexibility index (Phi) is 30.5. The molecular formula is C43H77N3O10P+. The Morgan fingerprint density at radius 2 is 1.18 bits per heavy atom. The van der Waals surface area contributed by atoms with E-state index in [-0.39, 0.29) is 37.3 Å². The molecule has 0 aliphatic heterocycles. The highest BCUT2D eigenvalue weighted by molar-refractivity contribution is 7.47. The number of hydrogen-bond acceptors (Lipinski definition) is 9. The zero-order valence-corrected chi connectivity index (χ0v) is 36.8. The predicted molar refractivity (Wildman–Crippen MR) is 223 cm³/mol. The maximum Gasteiger partial charge on any atom is 0.472 e. The van der Waals surface area contributed by atoms with Crippen LogP contribution in [0.2, 0.25) is 0 Å². The molecule has 0 fully saturated rings. The third kappa shape index (κ3) is 31.0. The molecule has 0 saturated carbocycles. The first-order chi connectivity index (χ1) is 27.4. The second kappa shape index (κ2) is 33.2. The Morgan fingerprint density at radius 1 is 0.684 bits per heavy atom. The van der Waals surface area contributed by atoms with E-state index in [2.05, 4.69) is 11.7 Å². The fourth-order valence-electron chi connectivity index (χ4n) is 6.25. The molecule has 1 N–H and O–H groups in total. The van der Waals surface area contributed by atoms with Gasteiger partial charge in [-0.15, -0.1) is 0 Å². The highest BCUT2D eigenvalue weighted by Gasteiger charge is 2.27. The number of carbonyl (C=O) groups is 3. The van der Waals surface area contributed by atoms with E-state index in [1.165, 1.54) is 83.1 Å². The van der Waals surface area contributed by atoms with E-state index in [4.69, 9.17) is 28.8 Å². The van der Waals surface area contributed by atoms with Crippen LogP contribution in [-0.2, 0) is 42.2 Å². The minimum absolute atomic E-state index is 0.00495. The van der Waals surface area contributed by atoms with Gasteiger partial charge in [-0.05, 0) is 25.3 Å². The maximum atomic E-state index is 12.7. The molecular weight excluding hydrogens is 749 g/mol. The van der Waals surface area contributed by atoms with Crippen molar-refractivity contribution < 1.29 is 56.4 Å². The van der Waals surface area contributed by atoms with Gasteiger partial charge < -0.3 is 29.1 Å². The van der Waals surface area contributed by atoms with Gasteiger partial charge in [0.15, 0.2) is 6.10 Å². The second-order valence-electron chi connectivity index (χ2n) is 16.2. The van der Waals surface area contributed by atoms with Gasteiger partial charge in [-0.1, -0.05) is 141 Å². The van der Waals surface area contributed by atoms with Crippen molar-refractivity contribution in [1.82, 2.24) is 0 Å². The van der Waals surface area contributed by atoms with Crippen LogP contribution in [0, 0.1) is 0 Å². The number of esters is 3. The van der Waals surface area contributed by atoms with Gasteiger partial charge in [-0.25, -0.2) is 9.36 Å². The first-order valence-electron chi connectivity index (χ1n) is 21.9. The van der Waals surface area contributed by atoms with Crippen molar-refractivity contribution in [2.45, 2.75) is 174 Å². The standard InChI is InChI=1S/C43H76N3O10P/c1-5-6-7-8-9-10-11-12-13-14-15-16-19-22-25-31-41(47)53-36-38(37-55-57(50,51)54-35-33-46(2,3)4)56-42(48)32-26-23-20-17-18-21-24-27-34-52-43(49)39-29-28-30-40(39)45-44/h28-30,38H,5-27,31-37H2,1-4H3/p+1. The lowest BCUT2D eigenvalue weighted by atomic mass is 10.0. The van der Waals surface area contributed by atoms with E-state index >= 15 is 0 Å². The minimum Gasteiger partial charge on any atom is -0.462 e. The number of nitrogens with zero attached hydrogens (tertiary/aromatic N) is 3. The molecule has 1 aliphatic rings. The SMILES string of the molecule is CCCCCCCCCCCCCCCCCC(=O)OCC(COP(=O)(O)OCC[N+](C)(C)C)OC(=O)CCCCCCCCCCOC(=O)C1=CC=CC1=[N+]=[N-]. The Bertz CT molecular complexity index is 1280. The van der Waals surface area contributed by atoms with Crippen LogP contribution < -0.4 is 0 Å².